The van der Waals surface area contributed by atoms with Crippen molar-refractivity contribution in [1.82, 2.24) is 0 Å². The number of carboxylic acids is 1. The zero-order chi connectivity index (χ0) is 17.8. The van der Waals surface area contributed by atoms with Gasteiger partial charge in [0.05, 0.1) is 19.1 Å². The van der Waals surface area contributed by atoms with Crippen LogP contribution < -0.4 is 0 Å². The van der Waals surface area contributed by atoms with E-state index in [4.69, 9.17) is 25.9 Å². The van der Waals surface area contributed by atoms with Gasteiger partial charge in [0, 0.05) is 21.4 Å². The molecule has 1 aromatic heterocycles. The molecule has 0 aliphatic carbocycles. The summed E-state index contributed by atoms with van der Waals surface area (Å²) in [5, 5.41) is 11.0. The van der Waals surface area contributed by atoms with Crippen molar-refractivity contribution < 1.29 is 23.8 Å². The van der Waals surface area contributed by atoms with Crippen LogP contribution in [0.3, 0.4) is 0 Å². The lowest BCUT2D eigenvalue weighted by molar-refractivity contribution is -0.151. The zero-order valence-electron chi connectivity index (χ0n) is 13.1. The Labute approximate surface area is 148 Å². The summed E-state index contributed by atoms with van der Waals surface area (Å²) in [7, 11) is 0. The highest BCUT2D eigenvalue weighted by molar-refractivity contribution is 6.30. The van der Waals surface area contributed by atoms with Gasteiger partial charge >= 0.3 is 11.9 Å². The van der Waals surface area contributed by atoms with E-state index >= 15 is 0 Å². The Morgan fingerprint density at radius 3 is 2.52 bits per heavy atom. The molecule has 0 amide bonds. The first kappa shape index (κ1) is 17.0. The highest BCUT2D eigenvalue weighted by Gasteiger charge is 2.24. The first-order valence-electron chi connectivity index (χ1n) is 7.67. The summed E-state index contributed by atoms with van der Waals surface area (Å²) in [4.78, 5) is 22.7. The summed E-state index contributed by atoms with van der Waals surface area (Å²) in [5.41, 5.74) is 0.688. The number of carbonyl (C=O) groups excluding carboxylic acids is 1. The van der Waals surface area contributed by atoms with Gasteiger partial charge in [-0.05, 0) is 12.1 Å². The third kappa shape index (κ3) is 4.00. The molecule has 1 heterocycles. The predicted octanol–water partition coefficient (Wildman–Crippen LogP) is 4.58. The van der Waals surface area contributed by atoms with E-state index in [2.05, 4.69) is 0 Å². The number of esters is 1. The SMILES string of the molecule is O=C(O)CCC(=O)OC(c1ccc(Cl)cc1)c1occ2ccccc12. The molecule has 25 heavy (non-hydrogen) atoms. The van der Waals surface area contributed by atoms with Crippen molar-refractivity contribution in [3.05, 3.63) is 71.1 Å². The van der Waals surface area contributed by atoms with Crippen LogP contribution in [0.15, 0.2) is 59.2 Å². The van der Waals surface area contributed by atoms with Gasteiger partial charge in [-0.3, -0.25) is 9.59 Å². The number of aliphatic carboxylic acids is 1. The predicted molar refractivity (Wildman–Crippen MR) is 92.5 cm³/mol. The monoisotopic (exact) mass is 358 g/mol. The molecule has 0 aliphatic heterocycles. The minimum atomic E-state index is -1.05. The molecule has 0 radical (unpaired) electrons. The molecule has 1 unspecified atom stereocenters. The van der Waals surface area contributed by atoms with Crippen molar-refractivity contribution in [2.75, 3.05) is 0 Å². The molecule has 5 nitrogen and oxygen atoms in total. The lowest BCUT2D eigenvalue weighted by atomic mass is 10.0. The molecule has 2 aromatic carbocycles. The van der Waals surface area contributed by atoms with Gasteiger partial charge in [0.15, 0.2) is 11.9 Å². The lowest BCUT2D eigenvalue weighted by Gasteiger charge is -2.17. The summed E-state index contributed by atoms with van der Waals surface area (Å²) in [6.07, 6.45) is 0.320. The molecule has 0 aliphatic rings. The average molecular weight is 359 g/mol. The van der Waals surface area contributed by atoms with Crippen LogP contribution in [0, 0.1) is 0 Å². The highest BCUT2D eigenvalue weighted by Crippen LogP contribution is 2.34. The molecule has 0 spiro atoms. The van der Waals surface area contributed by atoms with Crippen molar-refractivity contribution in [3.63, 3.8) is 0 Å². The number of benzene rings is 2. The van der Waals surface area contributed by atoms with Crippen LogP contribution in [-0.4, -0.2) is 17.0 Å². The molecular weight excluding hydrogens is 344 g/mol. The van der Waals surface area contributed by atoms with Crippen LogP contribution in [0.1, 0.15) is 30.3 Å². The van der Waals surface area contributed by atoms with E-state index < -0.39 is 18.0 Å². The zero-order valence-corrected chi connectivity index (χ0v) is 13.9. The van der Waals surface area contributed by atoms with Gasteiger partial charge in [-0.1, -0.05) is 48.0 Å². The molecule has 0 saturated heterocycles. The molecule has 3 aromatic rings. The molecule has 1 N–H and O–H groups in total. The van der Waals surface area contributed by atoms with Gasteiger partial charge in [-0.25, -0.2) is 0 Å². The van der Waals surface area contributed by atoms with Crippen LogP contribution in [0.4, 0.5) is 0 Å². The van der Waals surface area contributed by atoms with E-state index in [0.29, 0.717) is 16.3 Å². The number of carbonyl (C=O) groups is 2. The molecule has 0 bridgehead atoms. The standard InChI is InChI=1S/C19H15ClO5/c20-14-7-5-12(6-8-14)18(25-17(23)10-9-16(21)22)19-15-4-2-1-3-13(15)11-24-19/h1-8,11,18H,9-10H2,(H,21,22). The van der Waals surface area contributed by atoms with Crippen LogP contribution in [0.5, 0.6) is 0 Å². The summed E-state index contributed by atoms with van der Waals surface area (Å²) in [6, 6.07) is 14.4. The molecule has 3 rings (SSSR count). The van der Waals surface area contributed by atoms with Crippen LogP contribution in [0.25, 0.3) is 10.8 Å². The average Bonchev–Trinajstić information content (AvgIpc) is 3.03. The number of halogens is 1. The Kier molecular flexibility index (Phi) is 5.05. The number of carboxylic acid groups (broad SMARTS) is 1. The quantitative estimate of drug-likeness (QED) is 0.652. The highest BCUT2D eigenvalue weighted by atomic mass is 35.5. The third-order valence-corrected chi connectivity index (χ3v) is 3.99. The topological polar surface area (TPSA) is 76.7 Å². The number of ether oxygens (including phenoxy) is 1. The maximum Gasteiger partial charge on any atom is 0.307 e. The third-order valence-electron chi connectivity index (χ3n) is 3.74. The number of furan rings is 1. The Hall–Kier alpha value is -2.79. The minimum Gasteiger partial charge on any atom is -0.481 e. The van der Waals surface area contributed by atoms with E-state index in [9.17, 15) is 9.59 Å². The molecule has 0 fully saturated rings. The second-order valence-electron chi connectivity index (χ2n) is 5.50. The van der Waals surface area contributed by atoms with E-state index in [1.807, 2.05) is 24.3 Å². The van der Waals surface area contributed by atoms with E-state index in [1.165, 1.54) is 0 Å². The van der Waals surface area contributed by atoms with Crippen molar-refractivity contribution >= 4 is 34.3 Å². The Morgan fingerprint density at radius 1 is 1.08 bits per heavy atom. The van der Waals surface area contributed by atoms with Crippen LogP contribution in [-0.2, 0) is 14.3 Å². The lowest BCUT2D eigenvalue weighted by Crippen LogP contribution is -2.13. The Balaban J connectivity index is 1.95. The normalized spacial score (nSPS) is 12.0. The van der Waals surface area contributed by atoms with Crippen molar-refractivity contribution in [1.29, 1.82) is 0 Å². The van der Waals surface area contributed by atoms with Gasteiger partial charge in [-0.15, -0.1) is 0 Å². The van der Waals surface area contributed by atoms with Crippen molar-refractivity contribution in [3.8, 4) is 0 Å². The number of rotatable bonds is 6. The van der Waals surface area contributed by atoms with E-state index in [1.54, 1.807) is 30.5 Å². The summed E-state index contributed by atoms with van der Waals surface area (Å²) in [6.45, 7) is 0. The van der Waals surface area contributed by atoms with Crippen molar-refractivity contribution in [2.24, 2.45) is 0 Å². The fraction of sp³-hybridized carbons (Fsp3) is 0.158. The fourth-order valence-corrected chi connectivity index (χ4v) is 2.65. The van der Waals surface area contributed by atoms with Gasteiger partial charge in [0.1, 0.15) is 0 Å². The maximum absolute atomic E-state index is 12.1. The maximum atomic E-state index is 12.1. The molecule has 128 valence electrons. The Morgan fingerprint density at radius 2 is 1.80 bits per heavy atom. The van der Waals surface area contributed by atoms with Crippen LogP contribution in [0.2, 0.25) is 5.02 Å². The number of hydrogen-bond donors (Lipinski definition) is 1. The fourth-order valence-electron chi connectivity index (χ4n) is 2.53. The molecule has 0 saturated carbocycles. The second-order valence-corrected chi connectivity index (χ2v) is 5.94. The second kappa shape index (κ2) is 7.40. The van der Waals surface area contributed by atoms with E-state index in [0.717, 1.165) is 10.8 Å². The summed E-state index contributed by atoms with van der Waals surface area (Å²) >= 11 is 5.93. The van der Waals surface area contributed by atoms with Crippen molar-refractivity contribution in [2.45, 2.75) is 18.9 Å². The van der Waals surface area contributed by atoms with Gasteiger partial charge in [0.25, 0.3) is 0 Å². The first-order valence-corrected chi connectivity index (χ1v) is 8.05. The van der Waals surface area contributed by atoms with E-state index in [-0.39, 0.29) is 12.8 Å². The number of fused-ring (bicyclic) bond motifs is 1. The Bertz CT molecular complexity index is 898. The summed E-state index contributed by atoms with van der Waals surface area (Å²) in [5.74, 6) is -1.17. The summed E-state index contributed by atoms with van der Waals surface area (Å²) < 4.78 is 11.2. The minimum absolute atomic E-state index is 0.210. The smallest absolute Gasteiger partial charge is 0.307 e. The van der Waals surface area contributed by atoms with Gasteiger partial charge in [-0.2, -0.15) is 0 Å². The van der Waals surface area contributed by atoms with Crippen LogP contribution >= 0.6 is 11.6 Å². The molecule has 6 heteroatoms. The van der Waals surface area contributed by atoms with Gasteiger partial charge in [0.2, 0.25) is 0 Å². The number of hydrogen-bond acceptors (Lipinski definition) is 4. The largest absolute Gasteiger partial charge is 0.481 e. The molecular formula is C19H15ClO5. The first-order chi connectivity index (χ1) is 12.0. The molecule has 1 atom stereocenters. The van der Waals surface area contributed by atoms with Gasteiger partial charge < -0.3 is 14.3 Å².